The van der Waals surface area contributed by atoms with Crippen LogP contribution in [0.1, 0.15) is 0 Å². The Labute approximate surface area is 113 Å². The molecule has 19 heavy (non-hydrogen) atoms. The third kappa shape index (κ3) is 2.73. The molecule has 0 aliphatic carbocycles. The van der Waals surface area contributed by atoms with E-state index in [2.05, 4.69) is 0 Å². The maximum absolute atomic E-state index is 6.02. The molecule has 0 amide bonds. The number of anilines is 3. The largest absolute Gasteiger partial charge is 0.497 e. The standard InChI is InChI=1S/C15H18N2O2/c1-17(11-5-4-6-12(9-11)18-2)15-10-13(19-3)7-8-14(15)16/h4-10H,16H2,1-3H3. The second kappa shape index (κ2) is 5.52. The zero-order valence-electron chi connectivity index (χ0n) is 11.4. The molecule has 2 aromatic rings. The first kappa shape index (κ1) is 13.1. The summed E-state index contributed by atoms with van der Waals surface area (Å²) in [6.45, 7) is 0. The maximum Gasteiger partial charge on any atom is 0.121 e. The Morgan fingerprint density at radius 2 is 1.63 bits per heavy atom. The van der Waals surface area contributed by atoms with Crippen molar-refractivity contribution in [3.63, 3.8) is 0 Å². The van der Waals surface area contributed by atoms with Gasteiger partial charge in [-0.1, -0.05) is 6.07 Å². The van der Waals surface area contributed by atoms with Gasteiger partial charge in [0, 0.05) is 24.9 Å². The lowest BCUT2D eigenvalue weighted by atomic mass is 10.2. The van der Waals surface area contributed by atoms with E-state index in [0.717, 1.165) is 22.9 Å². The topological polar surface area (TPSA) is 47.7 Å². The summed E-state index contributed by atoms with van der Waals surface area (Å²) >= 11 is 0. The maximum atomic E-state index is 6.02. The molecule has 0 aromatic heterocycles. The van der Waals surface area contributed by atoms with Crippen LogP contribution in [0.5, 0.6) is 11.5 Å². The van der Waals surface area contributed by atoms with E-state index in [-0.39, 0.29) is 0 Å². The van der Waals surface area contributed by atoms with Crippen LogP contribution in [0.4, 0.5) is 17.1 Å². The van der Waals surface area contributed by atoms with Crippen molar-refractivity contribution in [3.05, 3.63) is 42.5 Å². The predicted molar refractivity (Wildman–Crippen MR) is 78.5 cm³/mol. The fourth-order valence-corrected chi connectivity index (χ4v) is 1.90. The molecule has 4 heteroatoms. The first-order valence-corrected chi connectivity index (χ1v) is 5.97. The second-order valence-electron chi connectivity index (χ2n) is 4.19. The Morgan fingerprint density at radius 3 is 2.32 bits per heavy atom. The molecule has 0 spiro atoms. The first-order chi connectivity index (χ1) is 9.15. The van der Waals surface area contributed by atoms with E-state index in [1.165, 1.54) is 0 Å². The van der Waals surface area contributed by atoms with Gasteiger partial charge in [0.25, 0.3) is 0 Å². The number of nitrogens with zero attached hydrogens (tertiary/aromatic N) is 1. The van der Waals surface area contributed by atoms with Gasteiger partial charge in [-0.05, 0) is 24.3 Å². The van der Waals surface area contributed by atoms with E-state index in [9.17, 15) is 0 Å². The average molecular weight is 258 g/mol. The van der Waals surface area contributed by atoms with E-state index in [1.807, 2.05) is 54.4 Å². The highest BCUT2D eigenvalue weighted by Gasteiger charge is 2.09. The lowest BCUT2D eigenvalue weighted by Crippen LogP contribution is -2.11. The minimum atomic E-state index is 0.700. The molecule has 0 atom stereocenters. The van der Waals surface area contributed by atoms with Crippen LogP contribution in [0.25, 0.3) is 0 Å². The molecule has 4 nitrogen and oxygen atoms in total. The number of benzene rings is 2. The van der Waals surface area contributed by atoms with Gasteiger partial charge in [0.05, 0.1) is 25.6 Å². The van der Waals surface area contributed by atoms with E-state index >= 15 is 0 Å². The zero-order chi connectivity index (χ0) is 13.8. The van der Waals surface area contributed by atoms with Crippen LogP contribution in [0.15, 0.2) is 42.5 Å². The molecule has 2 N–H and O–H groups in total. The van der Waals surface area contributed by atoms with Crippen LogP contribution in [0, 0.1) is 0 Å². The molecule has 0 heterocycles. The van der Waals surface area contributed by atoms with E-state index < -0.39 is 0 Å². The highest BCUT2D eigenvalue weighted by atomic mass is 16.5. The number of hydrogen-bond acceptors (Lipinski definition) is 4. The van der Waals surface area contributed by atoms with Crippen molar-refractivity contribution in [2.24, 2.45) is 0 Å². The molecular formula is C15H18N2O2. The van der Waals surface area contributed by atoms with Gasteiger partial charge in [0.1, 0.15) is 11.5 Å². The van der Waals surface area contributed by atoms with Crippen LogP contribution < -0.4 is 20.1 Å². The van der Waals surface area contributed by atoms with Crippen LogP contribution >= 0.6 is 0 Å². The highest BCUT2D eigenvalue weighted by molar-refractivity contribution is 5.76. The van der Waals surface area contributed by atoms with Gasteiger partial charge in [-0.3, -0.25) is 0 Å². The van der Waals surface area contributed by atoms with Gasteiger partial charge in [0.15, 0.2) is 0 Å². The quantitative estimate of drug-likeness (QED) is 0.856. The Hall–Kier alpha value is -2.36. The molecular weight excluding hydrogens is 240 g/mol. The number of nitrogens with two attached hydrogens (primary N) is 1. The summed E-state index contributed by atoms with van der Waals surface area (Å²) in [5.41, 5.74) is 8.62. The number of nitrogen functional groups attached to an aromatic ring is 1. The van der Waals surface area contributed by atoms with Crippen molar-refractivity contribution in [3.8, 4) is 11.5 Å². The Bertz CT molecular complexity index is 570. The third-order valence-electron chi connectivity index (χ3n) is 3.04. The number of rotatable bonds is 4. The van der Waals surface area contributed by atoms with Gasteiger partial charge in [0.2, 0.25) is 0 Å². The lowest BCUT2D eigenvalue weighted by molar-refractivity contribution is 0.414. The molecule has 0 radical (unpaired) electrons. The van der Waals surface area contributed by atoms with Gasteiger partial charge in [-0.15, -0.1) is 0 Å². The molecule has 0 saturated carbocycles. The minimum absolute atomic E-state index is 0.700. The molecule has 2 aromatic carbocycles. The fourth-order valence-electron chi connectivity index (χ4n) is 1.90. The molecule has 0 aliphatic heterocycles. The number of ether oxygens (including phenoxy) is 2. The summed E-state index contributed by atoms with van der Waals surface area (Å²) in [6.07, 6.45) is 0. The molecule has 0 saturated heterocycles. The number of methoxy groups -OCH3 is 2. The van der Waals surface area contributed by atoms with Crippen LogP contribution in [0.2, 0.25) is 0 Å². The van der Waals surface area contributed by atoms with Crippen molar-refractivity contribution in [2.75, 3.05) is 31.9 Å². The summed E-state index contributed by atoms with van der Waals surface area (Å²) in [4.78, 5) is 2.00. The molecule has 2 rings (SSSR count). The minimum Gasteiger partial charge on any atom is -0.497 e. The Morgan fingerprint density at radius 1 is 0.947 bits per heavy atom. The first-order valence-electron chi connectivity index (χ1n) is 5.97. The molecule has 0 fully saturated rings. The SMILES string of the molecule is COc1cccc(N(C)c2cc(OC)ccc2N)c1. The Kier molecular flexibility index (Phi) is 3.80. The molecule has 0 unspecified atom stereocenters. The van der Waals surface area contributed by atoms with Crippen molar-refractivity contribution < 1.29 is 9.47 Å². The van der Waals surface area contributed by atoms with Crippen LogP contribution in [-0.2, 0) is 0 Å². The third-order valence-corrected chi connectivity index (χ3v) is 3.04. The smallest absolute Gasteiger partial charge is 0.121 e. The van der Waals surface area contributed by atoms with Gasteiger partial charge in [-0.25, -0.2) is 0 Å². The van der Waals surface area contributed by atoms with Crippen LogP contribution in [0.3, 0.4) is 0 Å². The monoisotopic (exact) mass is 258 g/mol. The van der Waals surface area contributed by atoms with Gasteiger partial charge >= 0.3 is 0 Å². The van der Waals surface area contributed by atoms with E-state index in [4.69, 9.17) is 15.2 Å². The molecule has 0 bridgehead atoms. The lowest BCUT2D eigenvalue weighted by Gasteiger charge is -2.22. The zero-order valence-corrected chi connectivity index (χ0v) is 11.4. The normalized spacial score (nSPS) is 10.1. The van der Waals surface area contributed by atoms with Crippen LogP contribution in [-0.4, -0.2) is 21.3 Å². The summed E-state index contributed by atoms with van der Waals surface area (Å²) in [5, 5.41) is 0. The average Bonchev–Trinajstić information content (AvgIpc) is 2.47. The molecule has 0 aliphatic rings. The summed E-state index contributed by atoms with van der Waals surface area (Å²) in [5.74, 6) is 1.59. The Balaban J connectivity index is 2.39. The van der Waals surface area contributed by atoms with Crippen molar-refractivity contribution in [1.82, 2.24) is 0 Å². The van der Waals surface area contributed by atoms with Crippen molar-refractivity contribution in [2.45, 2.75) is 0 Å². The van der Waals surface area contributed by atoms with Gasteiger partial charge in [-0.2, -0.15) is 0 Å². The molecule has 100 valence electrons. The van der Waals surface area contributed by atoms with Crippen molar-refractivity contribution in [1.29, 1.82) is 0 Å². The van der Waals surface area contributed by atoms with Crippen molar-refractivity contribution >= 4 is 17.1 Å². The number of hydrogen-bond donors (Lipinski definition) is 1. The second-order valence-corrected chi connectivity index (χ2v) is 4.19. The summed E-state index contributed by atoms with van der Waals surface area (Å²) < 4.78 is 10.5. The predicted octanol–water partition coefficient (Wildman–Crippen LogP) is 3.05. The highest BCUT2D eigenvalue weighted by Crippen LogP contribution is 2.33. The summed E-state index contributed by atoms with van der Waals surface area (Å²) in [7, 11) is 5.25. The van der Waals surface area contributed by atoms with E-state index in [0.29, 0.717) is 5.69 Å². The van der Waals surface area contributed by atoms with E-state index in [1.54, 1.807) is 14.2 Å². The fraction of sp³-hybridized carbons (Fsp3) is 0.200. The summed E-state index contributed by atoms with van der Waals surface area (Å²) in [6, 6.07) is 13.4. The van der Waals surface area contributed by atoms with Gasteiger partial charge < -0.3 is 20.1 Å².